The molecule has 0 rings (SSSR count). The molecule has 0 aromatic rings. The molecule has 0 aliphatic carbocycles. The van der Waals surface area contributed by atoms with Crippen LogP contribution in [-0.4, -0.2) is 60.3 Å². The molecular formula is C12H22O8. The van der Waals surface area contributed by atoms with Gasteiger partial charge in [0.25, 0.3) is 0 Å². The number of aliphatic hydroxyl groups excluding tert-OH is 2. The van der Waals surface area contributed by atoms with Gasteiger partial charge in [-0.25, -0.2) is 9.59 Å². The number of ether oxygens (including phenoxy) is 1. The first kappa shape index (κ1) is 23.4. The SMILES string of the molecule is C=CC(=O)O.C=CC(=O)OOCC.OCCOCCO. The Morgan fingerprint density at radius 3 is 1.80 bits per heavy atom. The van der Waals surface area contributed by atoms with Gasteiger partial charge in [0.1, 0.15) is 0 Å². The van der Waals surface area contributed by atoms with Gasteiger partial charge in [0.05, 0.1) is 33.0 Å². The maximum absolute atomic E-state index is 10.1. The third-order valence-electron chi connectivity index (χ3n) is 1.07. The van der Waals surface area contributed by atoms with Gasteiger partial charge < -0.3 is 20.1 Å². The van der Waals surface area contributed by atoms with Gasteiger partial charge in [-0.3, -0.25) is 4.89 Å². The van der Waals surface area contributed by atoms with E-state index >= 15 is 0 Å². The molecule has 20 heavy (non-hydrogen) atoms. The molecular weight excluding hydrogens is 272 g/mol. The predicted octanol–water partition coefficient (Wildman–Crippen LogP) is -0.0883. The summed E-state index contributed by atoms with van der Waals surface area (Å²) in [5, 5.41) is 23.8. The number of carbonyl (C=O) groups excluding carboxylic acids is 1. The van der Waals surface area contributed by atoms with E-state index in [9.17, 15) is 9.59 Å². The zero-order valence-electron chi connectivity index (χ0n) is 11.5. The van der Waals surface area contributed by atoms with Crippen LogP contribution in [-0.2, 0) is 24.1 Å². The molecule has 0 amide bonds. The van der Waals surface area contributed by atoms with Crippen LogP contribution in [0.2, 0.25) is 0 Å². The minimum Gasteiger partial charge on any atom is -0.478 e. The summed E-state index contributed by atoms with van der Waals surface area (Å²) >= 11 is 0. The van der Waals surface area contributed by atoms with Crippen molar-refractivity contribution in [2.24, 2.45) is 0 Å². The van der Waals surface area contributed by atoms with E-state index in [1.807, 2.05) is 0 Å². The van der Waals surface area contributed by atoms with Crippen LogP contribution in [0.1, 0.15) is 6.92 Å². The minimum absolute atomic E-state index is 0.0278. The number of hydrogen-bond acceptors (Lipinski definition) is 7. The highest BCUT2D eigenvalue weighted by atomic mass is 17.2. The molecule has 0 heterocycles. The number of carboxylic acid groups (broad SMARTS) is 1. The lowest BCUT2D eigenvalue weighted by Crippen LogP contribution is -2.03. The van der Waals surface area contributed by atoms with Crippen LogP contribution in [0.15, 0.2) is 25.3 Å². The molecule has 8 nitrogen and oxygen atoms in total. The second kappa shape index (κ2) is 22.4. The van der Waals surface area contributed by atoms with Crippen LogP contribution in [0.4, 0.5) is 0 Å². The first-order valence-corrected chi connectivity index (χ1v) is 5.60. The molecule has 0 bridgehead atoms. The Balaban J connectivity index is -0.000000223. The lowest BCUT2D eigenvalue weighted by molar-refractivity contribution is -0.264. The fourth-order valence-electron chi connectivity index (χ4n) is 0.382. The van der Waals surface area contributed by atoms with Crippen LogP contribution < -0.4 is 0 Å². The molecule has 0 fully saturated rings. The highest BCUT2D eigenvalue weighted by molar-refractivity contribution is 5.80. The van der Waals surface area contributed by atoms with Crippen molar-refractivity contribution in [1.29, 1.82) is 0 Å². The van der Waals surface area contributed by atoms with E-state index in [1.54, 1.807) is 6.92 Å². The van der Waals surface area contributed by atoms with Crippen LogP contribution >= 0.6 is 0 Å². The van der Waals surface area contributed by atoms with Crippen molar-refractivity contribution in [2.45, 2.75) is 6.92 Å². The number of carboxylic acids is 1. The van der Waals surface area contributed by atoms with Gasteiger partial charge in [0, 0.05) is 12.2 Å². The maximum atomic E-state index is 10.1. The number of rotatable bonds is 8. The van der Waals surface area contributed by atoms with E-state index in [-0.39, 0.29) is 13.2 Å². The molecule has 0 aliphatic rings. The zero-order valence-corrected chi connectivity index (χ0v) is 11.5. The molecule has 0 aromatic heterocycles. The Kier molecular flexibility index (Phi) is 26.2. The second-order valence-electron chi connectivity index (χ2n) is 2.61. The fourth-order valence-corrected chi connectivity index (χ4v) is 0.382. The minimum atomic E-state index is -0.981. The predicted molar refractivity (Wildman–Crippen MR) is 70.7 cm³/mol. The molecule has 0 radical (unpaired) electrons. The molecule has 0 saturated carbocycles. The summed E-state index contributed by atoms with van der Waals surface area (Å²) in [6, 6.07) is 0. The molecule has 0 unspecified atom stereocenters. The number of hydrogen-bond donors (Lipinski definition) is 3. The van der Waals surface area contributed by atoms with Crippen molar-refractivity contribution in [3.8, 4) is 0 Å². The van der Waals surface area contributed by atoms with E-state index in [2.05, 4.69) is 27.7 Å². The van der Waals surface area contributed by atoms with Crippen LogP contribution in [0.3, 0.4) is 0 Å². The standard InChI is InChI=1S/C5H8O3.C4H10O3.C3H4O2/c1-3-5(6)8-7-4-2;5-1-3-7-4-2-6;1-2-3(4)5/h3H,1,4H2,2H3;5-6H,1-4H2;2H,1H2,(H,4,5). The van der Waals surface area contributed by atoms with Gasteiger partial charge in [-0.2, -0.15) is 4.89 Å². The van der Waals surface area contributed by atoms with Gasteiger partial charge >= 0.3 is 11.9 Å². The smallest absolute Gasteiger partial charge is 0.365 e. The van der Waals surface area contributed by atoms with Crippen molar-refractivity contribution in [3.05, 3.63) is 25.3 Å². The first-order valence-electron chi connectivity index (χ1n) is 5.60. The maximum Gasteiger partial charge on any atom is 0.365 e. The quantitative estimate of drug-likeness (QED) is 0.246. The summed E-state index contributed by atoms with van der Waals surface area (Å²) in [5.41, 5.74) is 0. The topological polar surface area (TPSA) is 123 Å². The lowest BCUT2D eigenvalue weighted by atomic mass is 10.7. The van der Waals surface area contributed by atoms with Crippen LogP contribution in [0.5, 0.6) is 0 Å². The molecule has 0 aliphatic heterocycles. The van der Waals surface area contributed by atoms with Crippen LogP contribution in [0, 0.1) is 0 Å². The van der Waals surface area contributed by atoms with E-state index in [4.69, 9.17) is 15.3 Å². The average Bonchev–Trinajstić information content (AvgIpc) is 2.46. The van der Waals surface area contributed by atoms with Gasteiger partial charge in [0.15, 0.2) is 0 Å². The Morgan fingerprint density at radius 2 is 1.55 bits per heavy atom. The highest BCUT2D eigenvalue weighted by Crippen LogP contribution is 1.79. The van der Waals surface area contributed by atoms with Gasteiger partial charge in [0.2, 0.25) is 0 Å². The lowest BCUT2D eigenvalue weighted by Gasteiger charge is -1.94. The summed E-state index contributed by atoms with van der Waals surface area (Å²) in [5.74, 6) is -1.54. The van der Waals surface area contributed by atoms with E-state index < -0.39 is 11.9 Å². The fraction of sp³-hybridized carbons (Fsp3) is 0.500. The largest absolute Gasteiger partial charge is 0.478 e. The van der Waals surface area contributed by atoms with Crippen molar-refractivity contribution < 1.29 is 39.4 Å². The molecule has 0 atom stereocenters. The van der Waals surface area contributed by atoms with E-state index in [0.717, 1.165) is 12.2 Å². The normalized spacial score (nSPS) is 8.15. The Bertz CT molecular complexity index is 248. The summed E-state index contributed by atoms with van der Waals surface area (Å²) in [6.45, 7) is 8.89. The third-order valence-corrected chi connectivity index (χ3v) is 1.07. The Labute approximate surface area is 117 Å². The second-order valence-corrected chi connectivity index (χ2v) is 2.61. The molecule has 0 saturated heterocycles. The van der Waals surface area contributed by atoms with Crippen molar-refractivity contribution in [2.75, 3.05) is 33.0 Å². The van der Waals surface area contributed by atoms with Crippen molar-refractivity contribution in [1.82, 2.24) is 0 Å². The molecule has 0 spiro atoms. The number of aliphatic carboxylic acids is 1. The Morgan fingerprint density at radius 1 is 1.10 bits per heavy atom. The monoisotopic (exact) mass is 294 g/mol. The summed E-state index contributed by atoms with van der Waals surface area (Å²) in [4.78, 5) is 27.7. The van der Waals surface area contributed by atoms with Crippen molar-refractivity contribution >= 4 is 11.9 Å². The molecule has 3 N–H and O–H groups in total. The van der Waals surface area contributed by atoms with Crippen molar-refractivity contribution in [3.63, 3.8) is 0 Å². The van der Waals surface area contributed by atoms with Crippen LogP contribution in [0.25, 0.3) is 0 Å². The van der Waals surface area contributed by atoms with Gasteiger partial charge in [-0.15, -0.1) is 0 Å². The molecule has 0 aromatic carbocycles. The summed E-state index contributed by atoms with van der Waals surface area (Å²) in [7, 11) is 0. The zero-order chi connectivity index (χ0) is 16.2. The van der Waals surface area contributed by atoms with E-state index in [1.165, 1.54) is 0 Å². The number of carbonyl (C=O) groups is 2. The summed E-state index contributed by atoms with van der Waals surface area (Å²) in [6.07, 6.45) is 1.87. The third kappa shape index (κ3) is 36.0. The number of aliphatic hydroxyl groups is 2. The van der Waals surface area contributed by atoms with Gasteiger partial charge in [-0.05, 0) is 6.92 Å². The van der Waals surface area contributed by atoms with Gasteiger partial charge in [-0.1, -0.05) is 13.2 Å². The summed E-state index contributed by atoms with van der Waals surface area (Å²) < 4.78 is 4.63. The molecule has 118 valence electrons. The highest BCUT2D eigenvalue weighted by Gasteiger charge is 1.91. The van der Waals surface area contributed by atoms with E-state index in [0.29, 0.717) is 19.8 Å². The average molecular weight is 294 g/mol. The molecule has 8 heteroatoms. The first-order chi connectivity index (χ1) is 9.49. The Hall–Kier alpha value is -1.74.